The summed E-state index contributed by atoms with van der Waals surface area (Å²) in [7, 11) is 14.8. The Bertz CT molecular complexity index is 80.8. The second kappa shape index (κ2) is 12.4. The van der Waals surface area contributed by atoms with Gasteiger partial charge in [-0.3, -0.25) is 0 Å². The van der Waals surface area contributed by atoms with Crippen LogP contribution in [0.15, 0.2) is 0 Å². The molecule has 2 aliphatic rings. The highest BCUT2D eigenvalue weighted by Crippen LogP contribution is 1.99. The van der Waals surface area contributed by atoms with Gasteiger partial charge in [0.25, 0.3) is 0 Å². The fourth-order valence-corrected chi connectivity index (χ4v) is 1.02. The number of halogens is 3. The maximum Gasteiger partial charge on any atom is 0.643 e. The molecular formula is C8H16AlCl3O2. The lowest BCUT2D eigenvalue weighted by Gasteiger charge is -1.76. The van der Waals surface area contributed by atoms with Gasteiger partial charge in [0.05, 0.1) is 0 Å². The van der Waals surface area contributed by atoms with Crippen molar-refractivity contribution < 1.29 is 9.47 Å². The van der Waals surface area contributed by atoms with Gasteiger partial charge in [0.2, 0.25) is 0 Å². The first-order valence-corrected chi connectivity index (χ1v) is 10.0. The average molecular weight is 278 g/mol. The zero-order valence-electron chi connectivity index (χ0n) is 8.18. The van der Waals surface area contributed by atoms with Crippen molar-refractivity contribution in [3.8, 4) is 0 Å². The van der Waals surface area contributed by atoms with Gasteiger partial charge in [-0.15, -0.1) is 0 Å². The molecule has 14 heavy (non-hydrogen) atoms. The summed E-state index contributed by atoms with van der Waals surface area (Å²) < 4.78 is 9.89. The lowest BCUT2D eigenvalue weighted by atomic mass is 10.4. The summed E-state index contributed by atoms with van der Waals surface area (Å²) in [6, 6.07) is 0. The van der Waals surface area contributed by atoms with E-state index in [0.717, 1.165) is 26.4 Å². The van der Waals surface area contributed by atoms with Crippen molar-refractivity contribution in [1.29, 1.82) is 0 Å². The Morgan fingerprint density at radius 3 is 0.929 bits per heavy atom. The smallest absolute Gasteiger partial charge is 0.381 e. The molecule has 0 spiro atoms. The van der Waals surface area contributed by atoms with Crippen molar-refractivity contribution in [3.05, 3.63) is 0 Å². The van der Waals surface area contributed by atoms with Crippen LogP contribution in [0.3, 0.4) is 0 Å². The number of hydrogen-bond donors (Lipinski definition) is 0. The van der Waals surface area contributed by atoms with Crippen molar-refractivity contribution in [2.24, 2.45) is 0 Å². The monoisotopic (exact) mass is 276 g/mol. The minimum Gasteiger partial charge on any atom is -0.381 e. The van der Waals surface area contributed by atoms with Crippen LogP contribution in [-0.4, -0.2) is 37.8 Å². The summed E-state index contributed by atoms with van der Waals surface area (Å²) >= 11 is -1.72. The molecule has 2 aliphatic heterocycles. The van der Waals surface area contributed by atoms with Gasteiger partial charge in [-0.25, -0.2) is 30.1 Å². The maximum absolute atomic E-state index is 4.94. The molecule has 0 bridgehead atoms. The van der Waals surface area contributed by atoms with E-state index in [9.17, 15) is 0 Å². The van der Waals surface area contributed by atoms with E-state index in [1.54, 1.807) is 0 Å². The second-order valence-corrected chi connectivity index (χ2v) is 9.32. The van der Waals surface area contributed by atoms with Crippen LogP contribution in [0.5, 0.6) is 0 Å². The van der Waals surface area contributed by atoms with Crippen LogP contribution in [-0.2, 0) is 9.47 Å². The van der Waals surface area contributed by atoms with Gasteiger partial charge in [0.15, 0.2) is 0 Å². The molecule has 2 fully saturated rings. The molecule has 0 aromatic heterocycles. The van der Waals surface area contributed by atoms with Crippen LogP contribution in [0.4, 0.5) is 0 Å². The van der Waals surface area contributed by atoms with E-state index < -0.39 is 11.4 Å². The van der Waals surface area contributed by atoms with E-state index in [0.29, 0.717) is 0 Å². The lowest BCUT2D eigenvalue weighted by Crippen LogP contribution is -1.74. The molecule has 0 aliphatic carbocycles. The van der Waals surface area contributed by atoms with E-state index >= 15 is 0 Å². The predicted molar refractivity (Wildman–Crippen MR) is 63.4 cm³/mol. The Balaban J connectivity index is 0.000000183. The second-order valence-electron chi connectivity index (χ2n) is 2.89. The van der Waals surface area contributed by atoms with Crippen molar-refractivity contribution in [2.45, 2.75) is 25.7 Å². The SMILES string of the molecule is C1CCOC1.C1CCOC1.[Cl][Al]([Cl])[Cl]. The van der Waals surface area contributed by atoms with Crippen LogP contribution < -0.4 is 0 Å². The van der Waals surface area contributed by atoms with E-state index in [1.807, 2.05) is 0 Å². The fraction of sp³-hybridized carbons (Fsp3) is 1.00. The standard InChI is InChI=1S/2C4H8O.Al.3ClH/c2*1-2-4-5-3-1;;;;/h2*1-4H2;;3*1H/q;;+3;;;/p-3. The first-order valence-electron chi connectivity index (χ1n) is 4.81. The Morgan fingerprint density at radius 1 is 0.643 bits per heavy atom. The highest BCUT2D eigenvalue weighted by molar-refractivity contribution is 7.54. The highest BCUT2D eigenvalue weighted by atomic mass is 35.8. The first kappa shape index (κ1) is 15.3. The summed E-state index contributed by atoms with van der Waals surface area (Å²) in [4.78, 5) is 0. The Morgan fingerprint density at radius 2 is 0.857 bits per heavy atom. The van der Waals surface area contributed by atoms with E-state index in [1.165, 1.54) is 25.7 Å². The zero-order chi connectivity index (χ0) is 10.6. The third kappa shape index (κ3) is 15.8. The van der Waals surface area contributed by atoms with E-state index in [2.05, 4.69) is 0 Å². The molecule has 0 radical (unpaired) electrons. The number of ether oxygens (including phenoxy) is 2. The molecule has 84 valence electrons. The minimum absolute atomic E-state index is 1.00. The minimum atomic E-state index is -1.72. The van der Waals surface area contributed by atoms with Gasteiger partial charge in [-0.1, -0.05) is 0 Å². The highest BCUT2D eigenvalue weighted by Gasteiger charge is 2.00. The van der Waals surface area contributed by atoms with Crippen molar-refractivity contribution in [1.82, 2.24) is 0 Å². The average Bonchev–Trinajstić information content (AvgIpc) is 2.83. The van der Waals surface area contributed by atoms with Gasteiger partial charge in [-0.05, 0) is 25.7 Å². The molecule has 0 amide bonds. The van der Waals surface area contributed by atoms with Crippen LogP contribution in [0.25, 0.3) is 0 Å². The summed E-state index contributed by atoms with van der Waals surface area (Å²) in [6.45, 7) is 4.00. The maximum atomic E-state index is 4.94. The van der Waals surface area contributed by atoms with Crippen LogP contribution in [0.2, 0.25) is 0 Å². The molecule has 0 aromatic rings. The molecule has 0 saturated carbocycles. The fourth-order valence-electron chi connectivity index (χ4n) is 1.02. The van der Waals surface area contributed by atoms with Gasteiger partial charge >= 0.3 is 11.4 Å². The van der Waals surface area contributed by atoms with E-state index in [-0.39, 0.29) is 0 Å². The van der Waals surface area contributed by atoms with Gasteiger partial charge in [0.1, 0.15) is 0 Å². The quantitative estimate of drug-likeness (QED) is 0.633. The van der Waals surface area contributed by atoms with Crippen molar-refractivity contribution in [3.63, 3.8) is 0 Å². The number of rotatable bonds is 0. The molecule has 0 unspecified atom stereocenters. The van der Waals surface area contributed by atoms with Gasteiger partial charge in [-0.2, -0.15) is 0 Å². The molecular weight excluding hydrogens is 261 g/mol. The Labute approximate surface area is 103 Å². The molecule has 6 heteroatoms. The summed E-state index contributed by atoms with van der Waals surface area (Å²) in [6.07, 6.45) is 5.11. The Hall–Kier alpha value is 1.32. The van der Waals surface area contributed by atoms with Crippen LogP contribution in [0, 0.1) is 0 Å². The molecule has 0 atom stereocenters. The zero-order valence-corrected chi connectivity index (χ0v) is 11.6. The van der Waals surface area contributed by atoms with Gasteiger partial charge < -0.3 is 9.47 Å². The summed E-state index contributed by atoms with van der Waals surface area (Å²) in [5, 5.41) is 0. The number of hydrogen-bond acceptors (Lipinski definition) is 2. The summed E-state index contributed by atoms with van der Waals surface area (Å²) in [5.74, 6) is 0. The van der Waals surface area contributed by atoms with Gasteiger partial charge in [0, 0.05) is 26.4 Å². The molecule has 2 heterocycles. The summed E-state index contributed by atoms with van der Waals surface area (Å²) in [5.41, 5.74) is 0. The van der Waals surface area contributed by atoms with Crippen LogP contribution >= 0.6 is 30.1 Å². The Kier molecular flexibility index (Phi) is 13.6. The molecule has 0 N–H and O–H groups in total. The third-order valence-electron chi connectivity index (χ3n) is 1.65. The lowest BCUT2D eigenvalue weighted by molar-refractivity contribution is 0.198. The molecule has 2 nitrogen and oxygen atoms in total. The predicted octanol–water partition coefficient (Wildman–Crippen LogP) is 3.28. The normalized spacial score (nSPS) is 19.1. The topological polar surface area (TPSA) is 18.5 Å². The molecule has 2 rings (SSSR count). The molecule has 0 aromatic carbocycles. The van der Waals surface area contributed by atoms with E-state index in [4.69, 9.17) is 39.6 Å². The largest absolute Gasteiger partial charge is 0.643 e. The third-order valence-corrected chi connectivity index (χ3v) is 1.65. The first-order chi connectivity index (χ1) is 6.73. The molecule has 2 saturated heterocycles. The van der Waals surface area contributed by atoms with Crippen LogP contribution in [0.1, 0.15) is 25.7 Å². The van der Waals surface area contributed by atoms with Crippen molar-refractivity contribution in [2.75, 3.05) is 26.4 Å². The van der Waals surface area contributed by atoms with Crippen molar-refractivity contribution >= 4 is 41.5 Å².